The number of benzene rings is 1. The normalized spacial score (nSPS) is 14.1. The lowest BCUT2D eigenvalue weighted by Crippen LogP contribution is -2.47. The van der Waals surface area contributed by atoms with Crippen molar-refractivity contribution in [1.29, 1.82) is 0 Å². The molecule has 0 saturated heterocycles. The van der Waals surface area contributed by atoms with Gasteiger partial charge in [-0.2, -0.15) is 4.31 Å². The lowest BCUT2D eigenvalue weighted by Gasteiger charge is -2.21. The summed E-state index contributed by atoms with van der Waals surface area (Å²) in [4.78, 5) is 22.6. The van der Waals surface area contributed by atoms with Crippen molar-refractivity contribution < 1.29 is 18.0 Å². The average Bonchev–Trinajstić information content (AvgIpc) is 2.55. The van der Waals surface area contributed by atoms with Crippen LogP contribution in [0.3, 0.4) is 0 Å². The summed E-state index contributed by atoms with van der Waals surface area (Å²) >= 11 is 0. The predicted octanol–water partition coefficient (Wildman–Crippen LogP) is 0.951. The summed E-state index contributed by atoms with van der Waals surface area (Å²) in [7, 11) is -3.50. The quantitative estimate of drug-likeness (QED) is 0.629. The summed E-state index contributed by atoms with van der Waals surface area (Å²) in [5.74, 6) is -0.528. The molecule has 2 atom stereocenters. The van der Waals surface area contributed by atoms with Crippen LogP contribution >= 0.6 is 0 Å². The Morgan fingerprint density at radius 1 is 1.12 bits per heavy atom. The molecule has 0 aliphatic rings. The molecule has 1 rings (SSSR count). The first-order chi connectivity index (χ1) is 11.6. The van der Waals surface area contributed by atoms with Crippen molar-refractivity contribution in [2.45, 2.75) is 44.7 Å². The second kappa shape index (κ2) is 8.93. The van der Waals surface area contributed by atoms with E-state index in [1.54, 1.807) is 45.0 Å². The number of nitrogens with zero attached hydrogens (tertiary/aromatic N) is 1. The molecule has 0 aliphatic heterocycles. The van der Waals surface area contributed by atoms with Gasteiger partial charge < -0.3 is 5.73 Å². The molecular formula is C16H26N4O4S. The number of amides is 3. The molecule has 140 valence electrons. The van der Waals surface area contributed by atoms with E-state index < -0.39 is 28.0 Å². The van der Waals surface area contributed by atoms with Gasteiger partial charge in [-0.15, -0.1) is 0 Å². The minimum Gasteiger partial charge on any atom is -0.351 e. The van der Waals surface area contributed by atoms with E-state index >= 15 is 0 Å². The number of nitrogens with one attached hydrogen (secondary N) is 2. The Labute approximate surface area is 148 Å². The van der Waals surface area contributed by atoms with Gasteiger partial charge in [0.05, 0.1) is 10.9 Å². The van der Waals surface area contributed by atoms with E-state index in [4.69, 9.17) is 5.73 Å². The van der Waals surface area contributed by atoms with Gasteiger partial charge in [-0.25, -0.2) is 13.2 Å². The molecule has 0 aliphatic carbocycles. The van der Waals surface area contributed by atoms with E-state index in [2.05, 4.69) is 5.32 Å². The third-order valence-corrected chi connectivity index (χ3v) is 5.93. The summed E-state index contributed by atoms with van der Waals surface area (Å²) < 4.78 is 26.3. The van der Waals surface area contributed by atoms with Crippen LogP contribution in [0.25, 0.3) is 0 Å². The maximum Gasteiger partial charge on any atom is 0.318 e. The zero-order chi connectivity index (χ0) is 19.2. The highest BCUT2D eigenvalue weighted by atomic mass is 32.2. The topological polar surface area (TPSA) is 122 Å². The van der Waals surface area contributed by atoms with E-state index in [0.717, 1.165) is 5.56 Å². The molecule has 4 N–H and O–H groups in total. The number of rotatable bonds is 8. The zero-order valence-corrected chi connectivity index (χ0v) is 15.8. The molecule has 0 radical (unpaired) electrons. The number of sulfonamides is 1. The van der Waals surface area contributed by atoms with Gasteiger partial charge in [0.2, 0.25) is 15.9 Å². The molecule has 0 bridgehead atoms. The first-order valence-corrected chi connectivity index (χ1v) is 9.53. The fourth-order valence-corrected chi connectivity index (χ4v) is 3.88. The molecular weight excluding hydrogens is 344 g/mol. The second-order valence-electron chi connectivity index (χ2n) is 5.62. The van der Waals surface area contributed by atoms with Crippen LogP contribution in [-0.2, 0) is 14.8 Å². The number of nitrogens with two attached hydrogens (primary N) is 1. The minimum absolute atomic E-state index is 0.223. The van der Waals surface area contributed by atoms with Crippen molar-refractivity contribution in [2.24, 2.45) is 5.73 Å². The van der Waals surface area contributed by atoms with Crippen molar-refractivity contribution >= 4 is 22.0 Å². The van der Waals surface area contributed by atoms with Crippen LogP contribution in [0.4, 0.5) is 4.79 Å². The number of carbonyl (C=O) groups excluding carboxylic acids is 2. The van der Waals surface area contributed by atoms with E-state index in [9.17, 15) is 18.0 Å². The molecule has 9 heteroatoms. The van der Waals surface area contributed by atoms with Gasteiger partial charge in [0, 0.05) is 19.1 Å². The Bertz CT molecular complexity index is 699. The first-order valence-electron chi connectivity index (χ1n) is 8.09. The molecule has 0 aromatic heterocycles. The Kier molecular flexibility index (Phi) is 7.53. The highest BCUT2D eigenvalue weighted by molar-refractivity contribution is 7.89. The highest BCUT2D eigenvalue weighted by Gasteiger charge is 2.22. The van der Waals surface area contributed by atoms with E-state index in [1.165, 1.54) is 4.31 Å². The summed E-state index contributed by atoms with van der Waals surface area (Å²) in [5.41, 5.74) is 5.74. The van der Waals surface area contributed by atoms with Crippen LogP contribution in [0, 0.1) is 0 Å². The van der Waals surface area contributed by atoms with Crippen molar-refractivity contribution in [3.63, 3.8) is 0 Å². The van der Waals surface area contributed by atoms with Crippen molar-refractivity contribution in [3.8, 4) is 0 Å². The van der Waals surface area contributed by atoms with Crippen LogP contribution in [0.2, 0.25) is 0 Å². The largest absolute Gasteiger partial charge is 0.351 e. The second-order valence-corrected chi connectivity index (χ2v) is 7.56. The van der Waals surface area contributed by atoms with Gasteiger partial charge in [-0.3, -0.25) is 15.4 Å². The molecule has 0 unspecified atom stereocenters. The van der Waals surface area contributed by atoms with Gasteiger partial charge in [-0.1, -0.05) is 26.0 Å². The molecule has 0 heterocycles. The molecule has 8 nitrogen and oxygen atoms in total. The molecule has 0 spiro atoms. The van der Waals surface area contributed by atoms with Crippen molar-refractivity contribution in [1.82, 2.24) is 14.9 Å². The maximum absolute atomic E-state index is 12.5. The van der Waals surface area contributed by atoms with Crippen LogP contribution < -0.4 is 16.4 Å². The van der Waals surface area contributed by atoms with Crippen LogP contribution in [0.1, 0.15) is 39.3 Å². The summed E-state index contributed by atoms with van der Waals surface area (Å²) in [6, 6.07) is 4.74. The number of imide groups is 1. The van der Waals surface area contributed by atoms with E-state index in [-0.39, 0.29) is 10.9 Å². The standard InChI is InChI=1S/C16H26N4O4S/c1-5-20(6-2)25(23,24)14-9-7-13(8-10-14)11(3)18-12(4)15(21)19-16(17)22/h7-12,18H,5-6H2,1-4H3,(H3,17,19,21,22)/t11-,12+/m0/s1. The van der Waals surface area contributed by atoms with Crippen molar-refractivity contribution in [2.75, 3.05) is 13.1 Å². The summed E-state index contributed by atoms with van der Waals surface area (Å²) in [5, 5.41) is 5.03. The molecule has 1 aromatic carbocycles. The minimum atomic E-state index is -3.50. The molecule has 1 aromatic rings. The molecule has 3 amide bonds. The van der Waals surface area contributed by atoms with Gasteiger partial charge in [-0.05, 0) is 31.5 Å². The maximum atomic E-state index is 12.5. The SMILES string of the molecule is CCN(CC)S(=O)(=O)c1ccc([C@H](C)N[C@H](C)C(=O)NC(N)=O)cc1. The molecule has 0 fully saturated rings. The zero-order valence-electron chi connectivity index (χ0n) is 14.9. The lowest BCUT2D eigenvalue weighted by atomic mass is 10.1. The fraction of sp³-hybridized carbons (Fsp3) is 0.500. The summed E-state index contributed by atoms with van der Waals surface area (Å²) in [6.45, 7) is 7.84. The lowest BCUT2D eigenvalue weighted by molar-refractivity contribution is -0.121. The number of carbonyl (C=O) groups is 2. The Morgan fingerprint density at radius 2 is 1.64 bits per heavy atom. The third-order valence-electron chi connectivity index (χ3n) is 3.86. The van der Waals surface area contributed by atoms with Gasteiger partial charge in [0.25, 0.3) is 0 Å². The smallest absolute Gasteiger partial charge is 0.318 e. The van der Waals surface area contributed by atoms with Crippen LogP contribution in [-0.4, -0.2) is 43.8 Å². The van der Waals surface area contributed by atoms with E-state index in [1.807, 2.05) is 12.2 Å². The monoisotopic (exact) mass is 370 g/mol. The van der Waals surface area contributed by atoms with Crippen LogP contribution in [0.15, 0.2) is 29.2 Å². The number of hydrogen-bond donors (Lipinski definition) is 3. The Balaban J connectivity index is 2.85. The Morgan fingerprint density at radius 3 is 2.08 bits per heavy atom. The predicted molar refractivity (Wildman–Crippen MR) is 95.3 cm³/mol. The average molecular weight is 370 g/mol. The first kappa shape index (κ1) is 21.1. The fourth-order valence-electron chi connectivity index (χ4n) is 2.42. The third kappa shape index (κ3) is 5.52. The highest BCUT2D eigenvalue weighted by Crippen LogP contribution is 2.19. The Hall–Kier alpha value is -1.97. The number of urea groups is 1. The van der Waals surface area contributed by atoms with E-state index in [0.29, 0.717) is 13.1 Å². The van der Waals surface area contributed by atoms with Gasteiger partial charge in [0.15, 0.2) is 0 Å². The van der Waals surface area contributed by atoms with Gasteiger partial charge >= 0.3 is 6.03 Å². The molecule has 0 saturated carbocycles. The number of hydrogen-bond acceptors (Lipinski definition) is 5. The van der Waals surface area contributed by atoms with Crippen LogP contribution in [0.5, 0.6) is 0 Å². The summed E-state index contributed by atoms with van der Waals surface area (Å²) in [6.07, 6.45) is 0. The van der Waals surface area contributed by atoms with Gasteiger partial charge in [0.1, 0.15) is 0 Å². The van der Waals surface area contributed by atoms with Crippen molar-refractivity contribution in [3.05, 3.63) is 29.8 Å². The number of primary amides is 1. The molecule has 25 heavy (non-hydrogen) atoms.